The lowest BCUT2D eigenvalue weighted by Gasteiger charge is -2.15. The third-order valence-corrected chi connectivity index (χ3v) is 3.74. The van der Waals surface area contributed by atoms with Gasteiger partial charge in [0.2, 0.25) is 0 Å². The van der Waals surface area contributed by atoms with E-state index in [4.69, 9.17) is 10.5 Å². The van der Waals surface area contributed by atoms with Crippen LogP contribution in [0, 0.1) is 0 Å². The molecule has 1 atom stereocenters. The molecule has 112 valence electrons. The highest BCUT2D eigenvalue weighted by Gasteiger charge is 2.11. The number of carbonyl (C=O) groups is 1. The fraction of sp³-hybridized carbons (Fsp3) is 0.533. The first kappa shape index (κ1) is 17.0. The first-order valence-electron chi connectivity index (χ1n) is 6.83. The van der Waals surface area contributed by atoms with Gasteiger partial charge in [-0.1, -0.05) is 28.4 Å². The Balaban J connectivity index is 2.46. The van der Waals surface area contributed by atoms with Gasteiger partial charge in [0.15, 0.2) is 0 Å². The molecule has 0 bridgehead atoms. The fourth-order valence-electron chi connectivity index (χ4n) is 1.96. The van der Waals surface area contributed by atoms with Crippen LogP contribution in [0.3, 0.4) is 0 Å². The van der Waals surface area contributed by atoms with Gasteiger partial charge in [-0.3, -0.25) is 4.79 Å². The Kier molecular flexibility index (Phi) is 7.62. The number of unbranched alkanes of at least 4 members (excludes halogenated alkanes) is 1. The van der Waals surface area contributed by atoms with Gasteiger partial charge >= 0.3 is 5.97 Å². The number of nitrogens with two attached hydrogens (primary N) is 1. The molecule has 0 aromatic heterocycles. The van der Waals surface area contributed by atoms with Gasteiger partial charge in [0.05, 0.1) is 13.7 Å². The number of hydrogen-bond donors (Lipinski definition) is 1. The molecule has 0 aliphatic heterocycles. The average Bonchev–Trinajstić information content (AvgIpc) is 2.43. The highest BCUT2D eigenvalue weighted by atomic mass is 79.9. The van der Waals surface area contributed by atoms with Crippen LogP contribution < -0.4 is 10.5 Å². The third-order valence-electron chi connectivity index (χ3n) is 3.06. The molecule has 0 aliphatic carbocycles. The van der Waals surface area contributed by atoms with Crippen molar-refractivity contribution in [2.45, 2.75) is 38.6 Å². The zero-order chi connectivity index (χ0) is 15.0. The summed E-state index contributed by atoms with van der Waals surface area (Å²) in [6.45, 7) is 2.60. The van der Waals surface area contributed by atoms with Crippen LogP contribution in [0.2, 0.25) is 0 Å². The molecule has 0 fully saturated rings. The predicted molar refractivity (Wildman–Crippen MR) is 82.7 cm³/mol. The van der Waals surface area contributed by atoms with E-state index in [1.807, 2.05) is 25.1 Å². The van der Waals surface area contributed by atoms with E-state index in [1.54, 1.807) is 0 Å². The van der Waals surface area contributed by atoms with Crippen LogP contribution >= 0.6 is 15.9 Å². The maximum atomic E-state index is 11.0. The largest absolute Gasteiger partial charge is 0.494 e. The van der Waals surface area contributed by atoms with Crippen molar-refractivity contribution in [3.8, 4) is 5.75 Å². The second-order valence-electron chi connectivity index (χ2n) is 4.54. The first-order chi connectivity index (χ1) is 9.58. The highest BCUT2D eigenvalue weighted by Crippen LogP contribution is 2.29. The van der Waals surface area contributed by atoms with E-state index in [-0.39, 0.29) is 12.0 Å². The summed E-state index contributed by atoms with van der Waals surface area (Å²) < 4.78 is 11.0. The molecule has 0 spiro atoms. The minimum Gasteiger partial charge on any atom is -0.494 e. The lowest BCUT2D eigenvalue weighted by molar-refractivity contribution is -0.140. The Labute approximate surface area is 128 Å². The van der Waals surface area contributed by atoms with Crippen molar-refractivity contribution < 1.29 is 14.3 Å². The quantitative estimate of drug-likeness (QED) is 0.578. The monoisotopic (exact) mass is 343 g/mol. The number of ether oxygens (including phenoxy) is 2. The SMILES string of the molecule is CCOc1ccc(C(N)CCCCC(=O)OC)c(Br)c1. The summed E-state index contributed by atoms with van der Waals surface area (Å²) >= 11 is 3.53. The summed E-state index contributed by atoms with van der Waals surface area (Å²) in [6.07, 6.45) is 2.99. The van der Waals surface area contributed by atoms with Crippen LogP contribution in [0.25, 0.3) is 0 Å². The number of carbonyl (C=O) groups excluding carboxylic acids is 1. The van der Waals surface area contributed by atoms with Crippen LogP contribution in [0.15, 0.2) is 22.7 Å². The number of halogens is 1. The third kappa shape index (κ3) is 5.51. The summed E-state index contributed by atoms with van der Waals surface area (Å²) in [5.41, 5.74) is 7.24. The maximum absolute atomic E-state index is 11.0. The van der Waals surface area contributed by atoms with Crippen molar-refractivity contribution in [2.24, 2.45) is 5.73 Å². The Morgan fingerprint density at radius 2 is 2.15 bits per heavy atom. The van der Waals surface area contributed by atoms with Gasteiger partial charge < -0.3 is 15.2 Å². The zero-order valence-corrected chi connectivity index (χ0v) is 13.6. The van der Waals surface area contributed by atoms with Crippen LogP contribution in [-0.4, -0.2) is 19.7 Å². The van der Waals surface area contributed by atoms with Crippen molar-refractivity contribution in [1.29, 1.82) is 0 Å². The van der Waals surface area contributed by atoms with Crippen LogP contribution in [-0.2, 0) is 9.53 Å². The summed E-state index contributed by atoms with van der Waals surface area (Å²) in [5, 5.41) is 0. The van der Waals surface area contributed by atoms with Gasteiger partial charge in [0.25, 0.3) is 0 Å². The fourth-order valence-corrected chi connectivity index (χ4v) is 2.61. The minimum atomic E-state index is -0.166. The molecule has 1 aromatic carbocycles. The van der Waals surface area contributed by atoms with E-state index in [1.165, 1.54) is 7.11 Å². The van der Waals surface area contributed by atoms with Crippen molar-refractivity contribution in [3.63, 3.8) is 0 Å². The molecule has 4 nitrogen and oxygen atoms in total. The van der Waals surface area contributed by atoms with Gasteiger partial charge in [-0.05, 0) is 37.5 Å². The summed E-state index contributed by atoms with van der Waals surface area (Å²) in [4.78, 5) is 11.0. The van der Waals surface area contributed by atoms with Crippen molar-refractivity contribution in [1.82, 2.24) is 0 Å². The van der Waals surface area contributed by atoms with E-state index in [0.29, 0.717) is 13.0 Å². The van der Waals surface area contributed by atoms with Gasteiger partial charge in [-0.25, -0.2) is 0 Å². The smallest absolute Gasteiger partial charge is 0.305 e. The van der Waals surface area contributed by atoms with Gasteiger partial charge in [-0.2, -0.15) is 0 Å². The molecular formula is C15H22BrNO3. The molecule has 0 radical (unpaired) electrons. The van der Waals surface area contributed by atoms with Gasteiger partial charge in [0, 0.05) is 16.9 Å². The summed E-state index contributed by atoms with van der Waals surface area (Å²) in [5.74, 6) is 0.668. The molecule has 0 amide bonds. The molecule has 2 N–H and O–H groups in total. The Hall–Kier alpha value is -1.07. The standard InChI is InChI=1S/C15H22BrNO3/c1-3-20-11-8-9-12(13(16)10-11)14(17)6-4-5-7-15(18)19-2/h8-10,14H,3-7,17H2,1-2H3. The zero-order valence-electron chi connectivity index (χ0n) is 12.0. The molecular weight excluding hydrogens is 322 g/mol. The number of hydrogen-bond acceptors (Lipinski definition) is 4. The molecule has 0 saturated carbocycles. The number of rotatable bonds is 8. The lowest BCUT2D eigenvalue weighted by atomic mass is 10.0. The number of esters is 1. The maximum Gasteiger partial charge on any atom is 0.305 e. The Morgan fingerprint density at radius 1 is 1.40 bits per heavy atom. The molecule has 1 rings (SSSR count). The van der Waals surface area contributed by atoms with E-state index in [2.05, 4.69) is 20.7 Å². The van der Waals surface area contributed by atoms with Crippen molar-refractivity contribution in [3.05, 3.63) is 28.2 Å². The topological polar surface area (TPSA) is 61.5 Å². The number of benzene rings is 1. The predicted octanol–water partition coefficient (Wildman–Crippen LogP) is 3.58. The van der Waals surface area contributed by atoms with E-state index in [0.717, 1.165) is 35.0 Å². The minimum absolute atomic E-state index is 0.0438. The van der Waals surface area contributed by atoms with Crippen LogP contribution in [0.4, 0.5) is 0 Å². The number of methoxy groups -OCH3 is 1. The van der Waals surface area contributed by atoms with Gasteiger partial charge in [-0.15, -0.1) is 0 Å². The second kappa shape index (κ2) is 8.97. The summed E-state index contributed by atoms with van der Waals surface area (Å²) in [7, 11) is 1.41. The molecule has 0 saturated heterocycles. The molecule has 5 heteroatoms. The normalized spacial score (nSPS) is 12.0. The second-order valence-corrected chi connectivity index (χ2v) is 5.40. The highest BCUT2D eigenvalue weighted by molar-refractivity contribution is 9.10. The molecule has 20 heavy (non-hydrogen) atoms. The van der Waals surface area contributed by atoms with Crippen LogP contribution in [0.5, 0.6) is 5.75 Å². The lowest BCUT2D eigenvalue weighted by Crippen LogP contribution is -2.11. The Morgan fingerprint density at radius 3 is 2.75 bits per heavy atom. The van der Waals surface area contributed by atoms with E-state index < -0.39 is 0 Å². The first-order valence-corrected chi connectivity index (χ1v) is 7.62. The molecule has 0 aliphatic rings. The van der Waals surface area contributed by atoms with E-state index in [9.17, 15) is 4.79 Å². The van der Waals surface area contributed by atoms with Crippen molar-refractivity contribution >= 4 is 21.9 Å². The average molecular weight is 344 g/mol. The van der Waals surface area contributed by atoms with E-state index >= 15 is 0 Å². The Bertz CT molecular complexity index is 437. The molecule has 1 unspecified atom stereocenters. The molecule has 1 aromatic rings. The molecule has 0 heterocycles. The van der Waals surface area contributed by atoms with Gasteiger partial charge in [0.1, 0.15) is 5.75 Å². The van der Waals surface area contributed by atoms with Crippen LogP contribution in [0.1, 0.15) is 44.2 Å². The van der Waals surface area contributed by atoms with Crippen molar-refractivity contribution in [2.75, 3.05) is 13.7 Å². The summed E-state index contributed by atoms with van der Waals surface area (Å²) in [6, 6.07) is 5.81.